The van der Waals surface area contributed by atoms with Gasteiger partial charge in [0.1, 0.15) is 12.4 Å². The summed E-state index contributed by atoms with van der Waals surface area (Å²) in [6, 6.07) is 19.4. The molecule has 3 nitrogen and oxygen atoms in total. The van der Waals surface area contributed by atoms with Gasteiger partial charge in [0.05, 0.1) is 5.52 Å². The maximum Gasteiger partial charge on any atom is 0.251 e. The molecule has 24 heavy (non-hydrogen) atoms. The van der Waals surface area contributed by atoms with Crippen LogP contribution in [0.15, 0.2) is 65.5 Å². The van der Waals surface area contributed by atoms with Gasteiger partial charge >= 0.3 is 0 Å². The summed E-state index contributed by atoms with van der Waals surface area (Å²) in [6.45, 7) is 1.18. The zero-order chi connectivity index (χ0) is 16.8. The fraction of sp³-hybridized carbons (Fsp3) is 0.250. The summed E-state index contributed by atoms with van der Waals surface area (Å²) in [5.41, 5.74) is 2.03. The van der Waals surface area contributed by atoms with Crippen LogP contribution in [0.5, 0.6) is 5.75 Å². The Kier molecular flexibility index (Phi) is 5.55. The Balaban J connectivity index is 1.85. The van der Waals surface area contributed by atoms with Crippen molar-refractivity contribution in [1.29, 1.82) is 0 Å². The molecule has 0 radical (unpaired) electrons. The van der Waals surface area contributed by atoms with Gasteiger partial charge in [0.25, 0.3) is 5.56 Å². The summed E-state index contributed by atoms with van der Waals surface area (Å²) in [4.78, 5) is 12.2. The van der Waals surface area contributed by atoms with Crippen LogP contribution in [-0.4, -0.2) is 10.4 Å². The molecule has 1 heterocycles. The van der Waals surface area contributed by atoms with Crippen molar-refractivity contribution in [2.75, 3.05) is 5.88 Å². The summed E-state index contributed by atoms with van der Waals surface area (Å²) >= 11 is 5.74. The maximum atomic E-state index is 12.2. The first kappa shape index (κ1) is 16.6. The number of hydrogen-bond donors (Lipinski definition) is 0. The molecule has 0 aliphatic heterocycles. The Hall–Kier alpha value is -2.26. The Morgan fingerprint density at radius 2 is 1.75 bits per heavy atom. The molecular weight excluding hydrogens is 322 g/mol. The normalized spacial score (nSPS) is 10.9. The highest BCUT2D eigenvalue weighted by molar-refractivity contribution is 6.17. The number of ether oxygens (including phenoxy) is 1. The number of pyridine rings is 1. The van der Waals surface area contributed by atoms with Crippen LogP contribution < -0.4 is 10.3 Å². The first-order valence-corrected chi connectivity index (χ1v) is 8.68. The molecule has 0 aliphatic rings. The summed E-state index contributed by atoms with van der Waals surface area (Å²) in [5, 5.41) is 1.03. The van der Waals surface area contributed by atoms with Crippen molar-refractivity contribution in [2.24, 2.45) is 0 Å². The van der Waals surface area contributed by atoms with Crippen LogP contribution in [0.25, 0.3) is 10.9 Å². The van der Waals surface area contributed by atoms with Crippen molar-refractivity contribution in [3.05, 3.63) is 76.6 Å². The molecule has 4 heteroatoms. The number of unbranched alkanes of at least 4 members (excludes halogenated alkanes) is 1. The van der Waals surface area contributed by atoms with Crippen molar-refractivity contribution in [3.8, 4) is 5.75 Å². The molecule has 0 aliphatic carbocycles. The molecule has 0 N–H and O–H groups in total. The number of alkyl halides is 1. The van der Waals surface area contributed by atoms with Gasteiger partial charge in [0.15, 0.2) is 0 Å². The molecule has 0 amide bonds. The second-order valence-corrected chi connectivity index (χ2v) is 6.09. The molecule has 1 aromatic heterocycles. The van der Waals surface area contributed by atoms with Gasteiger partial charge in [-0.05, 0) is 42.0 Å². The van der Waals surface area contributed by atoms with Gasteiger partial charge in [0, 0.05) is 24.6 Å². The van der Waals surface area contributed by atoms with E-state index in [9.17, 15) is 4.79 Å². The average molecular weight is 342 g/mol. The highest BCUT2D eigenvalue weighted by atomic mass is 35.5. The summed E-state index contributed by atoms with van der Waals surface area (Å²) in [5.74, 6) is 1.38. The lowest BCUT2D eigenvalue weighted by atomic mass is 10.2. The van der Waals surface area contributed by atoms with Crippen molar-refractivity contribution in [3.63, 3.8) is 0 Å². The molecule has 3 aromatic rings. The van der Waals surface area contributed by atoms with Crippen molar-refractivity contribution < 1.29 is 4.74 Å². The van der Waals surface area contributed by atoms with Crippen molar-refractivity contribution >= 4 is 22.5 Å². The third-order valence-electron chi connectivity index (χ3n) is 3.98. The van der Waals surface area contributed by atoms with Gasteiger partial charge in [-0.1, -0.05) is 30.3 Å². The first-order valence-electron chi connectivity index (χ1n) is 8.14. The summed E-state index contributed by atoms with van der Waals surface area (Å²) in [6.07, 6.45) is 1.78. The lowest BCUT2D eigenvalue weighted by molar-refractivity contribution is 0.306. The topological polar surface area (TPSA) is 31.2 Å². The minimum Gasteiger partial charge on any atom is -0.489 e. The molecule has 124 valence electrons. The van der Waals surface area contributed by atoms with E-state index >= 15 is 0 Å². The Morgan fingerprint density at radius 3 is 2.54 bits per heavy atom. The second kappa shape index (κ2) is 8.02. The van der Waals surface area contributed by atoms with Gasteiger partial charge < -0.3 is 9.30 Å². The van der Waals surface area contributed by atoms with E-state index in [1.807, 2.05) is 54.6 Å². The van der Waals surface area contributed by atoms with Gasteiger partial charge in [0.2, 0.25) is 0 Å². The number of aromatic nitrogens is 1. The number of aryl methyl sites for hydroxylation is 1. The lowest BCUT2D eigenvalue weighted by Crippen LogP contribution is -2.19. The van der Waals surface area contributed by atoms with E-state index < -0.39 is 0 Å². The monoisotopic (exact) mass is 341 g/mol. The SMILES string of the molecule is O=c1ccc2ccc(OCc3ccccc3)cc2n1CCCCCl. The minimum atomic E-state index is 0.0114. The van der Waals surface area contributed by atoms with Crippen LogP contribution in [0.3, 0.4) is 0 Å². The van der Waals surface area contributed by atoms with Crippen LogP contribution in [0.1, 0.15) is 18.4 Å². The lowest BCUT2D eigenvalue weighted by Gasteiger charge is -2.12. The third-order valence-corrected chi connectivity index (χ3v) is 4.25. The van der Waals surface area contributed by atoms with E-state index in [0.29, 0.717) is 19.0 Å². The molecular formula is C20H20ClNO2. The minimum absolute atomic E-state index is 0.0114. The van der Waals surface area contributed by atoms with Crippen LogP contribution in [0, 0.1) is 0 Å². The molecule has 3 rings (SSSR count). The Morgan fingerprint density at radius 1 is 0.958 bits per heavy atom. The standard InChI is InChI=1S/C20H20ClNO2/c21-12-4-5-13-22-19-14-18(10-8-17(19)9-11-20(22)23)24-15-16-6-2-1-3-7-16/h1-3,6-11,14H,4-5,12-13,15H2. The first-order chi connectivity index (χ1) is 11.8. The number of hydrogen-bond acceptors (Lipinski definition) is 2. The van der Waals surface area contributed by atoms with Crippen LogP contribution in [0.2, 0.25) is 0 Å². The molecule has 0 fully saturated rings. The van der Waals surface area contributed by atoms with Gasteiger partial charge in [-0.3, -0.25) is 4.79 Å². The van der Waals surface area contributed by atoms with E-state index in [0.717, 1.165) is 35.1 Å². The quantitative estimate of drug-likeness (QED) is 0.464. The van der Waals surface area contributed by atoms with E-state index in [4.69, 9.17) is 16.3 Å². The fourth-order valence-electron chi connectivity index (χ4n) is 2.69. The predicted octanol–water partition coefficient (Wildman–Crippen LogP) is 4.60. The molecule has 0 atom stereocenters. The Bertz CT molecular complexity index is 858. The number of nitrogens with zero attached hydrogens (tertiary/aromatic N) is 1. The molecule has 0 saturated heterocycles. The molecule has 2 aromatic carbocycles. The zero-order valence-electron chi connectivity index (χ0n) is 13.5. The number of fused-ring (bicyclic) bond motifs is 1. The molecule has 0 saturated carbocycles. The predicted molar refractivity (Wildman–Crippen MR) is 98.9 cm³/mol. The van der Waals surface area contributed by atoms with E-state index in [-0.39, 0.29) is 5.56 Å². The van der Waals surface area contributed by atoms with E-state index in [1.54, 1.807) is 10.6 Å². The van der Waals surface area contributed by atoms with E-state index in [1.165, 1.54) is 0 Å². The maximum absolute atomic E-state index is 12.2. The van der Waals surface area contributed by atoms with Gasteiger partial charge in [-0.2, -0.15) is 0 Å². The van der Waals surface area contributed by atoms with Gasteiger partial charge in [-0.25, -0.2) is 0 Å². The smallest absolute Gasteiger partial charge is 0.251 e. The van der Waals surface area contributed by atoms with Crippen LogP contribution in [0.4, 0.5) is 0 Å². The third kappa shape index (κ3) is 3.98. The fourth-order valence-corrected chi connectivity index (χ4v) is 2.88. The molecule has 0 spiro atoms. The largest absolute Gasteiger partial charge is 0.489 e. The summed E-state index contributed by atoms with van der Waals surface area (Å²) in [7, 11) is 0. The highest BCUT2D eigenvalue weighted by Gasteiger charge is 2.05. The van der Waals surface area contributed by atoms with Crippen LogP contribution in [-0.2, 0) is 13.2 Å². The van der Waals surface area contributed by atoms with Gasteiger partial charge in [-0.15, -0.1) is 11.6 Å². The highest BCUT2D eigenvalue weighted by Crippen LogP contribution is 2.21. The van der Waals surface area contributed by atoms with Crippen molar-refractivity contribution in [2.45, 2.75) is 26.0 Å². The number of benzene rings is 2. The van der Waals surface area contributed by atoms with Crippen LogP contribution >= 0.6 is 11.6 Å². The average Bonchev–Trinajstić information content (AvgIpc) is 2.63. The Labute approximate surface area is 146 Å². The second-order valence-electron chi connectivity index (χ2n) is 5.71. The number of rotatable bonds is 7. The van der Waals surface area contributed by atoms with E-state index in [2.05, 4.69) is 0 Å². The molecule has 0 unspecified atom stereocenters. The summed E-state index contributed by atoms with van der Waals surface area (Å²) < 4.78 is 7.69. The van der Waals surface area contributed by atoms with Crippen molar-refractivity contribution in [1.82, 2.24) is 4.57 Å². The molecule has 0 bridgehead atoms. The number of halogens is 1. The zero-order valence-corrected chi connectivity index (χ0v) is 14.2.